The Morgan fingerprint density at radius 3 is 2.75 bits per heavy atom. The predicted octanol–water partition coefficient (Wildman–Crippen LogP) is 5.80. The van der Waals surface area contributed by atoms with Crippen molar-refractivity contribution in [3.05, 3.63) is 58.6 Å². The first-order chi connectivity index (χ1) is 15.3. The standard InChI is InChI=1S/C24H28F3N3OS/c1-16(2)21-6-4-10-32(21)22-8-7-18(11-19(22)24(25,26)27)20-12-23(29-15-28-20)30-9-3-5-17(13-30)14-31/h4,6-8,10-12,15-17,31-32H,3,5,9,13-14H2,1-2H3. The number of aliphatic hydroxyl groups is 1. The van der Waals surface area contributed by atoms with Crippen molar-refractivity contribution in [3.8, 4) is 11.3 Å². The Labute approximate surface area is 189 Å². The second-order valence-electron chi connectivity index (χ2n) is 8.59. The largest absolute Gasteiger partial charge is 0.417 e. The Balaban J connectivity index is 1.70. The highest BCUT2D eigenvalue weighted by Crippen LogP contribution is 2.55. The lowest BCUT2D eigenvalue weighted by Gasteiger charge is -2.32. The van der Waals surface area contributed by atoms with E-state index in [-0.39, 0.29) is 18.4 Å². The van der Waals surface area contributed by atoms with Gasteiger partial charge in [0, 0.05) is 36.2 Å². The fourth-order valence-corrected chi connectivity index (χ4v) is 6.67. The van der Waals surface area contributed by atoms with Crippen molar-refractivity contribution in [2.75, 3.05) is 24.6 Å². The van der Waals surface area contributed by atoms with Gasteiger partial charge < -0.3 is 10.0 Å². The first-order valence-electron chi connectivity index (χ1n) is 10.8. The summed E-state index contributed by atoms with van der Waals surface area (Å²) in [5.41, 5.74) is 0.291. The van der Waals surface area contributed by atoms with Crippen LogP contribution in [0.4, 0.5) is 19.0 Å². The molecule has 1 N–H and O–H groups in total. The normalized spacial score (nSPS) is 22.5. The van der Waals surface area contributed by atoms with E-state index in [0.29, 0.717) is 28.5 Å². The van der Waals surface area contributed by atoms with Gasteiger partial charge in [0.2, 0.25) is 0 Å². The van der Waals surface area contributed by atoms with Gasteiger partial charge in [0.1, 0.15) is 12.1 Å². The summed E-state index contributed by atoms with van der Waals surface area (Å²) in [6.07, 6.45) is 2.66. The smallest absolute Gasteiger partial charge is 0.396 e. The first-order valence-corrected chi connectivity index (χ1v) is 12.3. The van der Waals surface area contributed by atoms with Crippen LogP contribution in [0.2, 0.25) is 0 Å². The summed E-state index contributed by atoms with van der Waals surface area (Å²) in [5.74, 6) is 1.05. The van der Waals surface area contributed by atoms with E-state index in [9.17, 15) is 18.3 Å². The van der Waals surface area contributed by atoms with E-state index in [1.807, 2.05) is 31.4 Å². The van der Waals surface area contributed by atoms with E-state index in [2.05, 4.69) is 14.9 Å². The molecule has 2 atom stereocenters. The molecule has 8 heteroatoms. The van der Waals surface area contributed by atoms with Crippen LogP contribution in [0.5, 0.6) is 0 Å². The second kappa shape index (κ2) is 9.27. The van der Waals surface area contributed by atoms with E-state index in [1.165, 1.54) is 12.4 Å². The van der Waals surface area contributed by atoms with Crippen LogP contribution in [0.3, 0.4) is 0 Å². The SMILES string of the molecule is CC(C)C1=CC=C[SH]1c1ccc(-c2cc(N3CCCC(CO)C3)ncn2)cc1C(F)(F)F. The number of alkyl halides is 3. The number of rotatable bonds is 5. The van der Waals surface area contributed by atoms with Gasteiger partial charge in [0.15, 0.2) is 0 Å². The molecule has 0 bridgehead atoms. The van der Waals surface area contributed by atoms with Gasteiger partial charge in [-0.15, -0.1) is 0 Å². The van der Waals surface area contributed by atoms with E-state index < -0.39 is 22.6 Å². The number of hydrogen-bond donors (Lipinski definition) is 2. The van der Waals surface area contributed by atoms with Crippen LogP contribution < -0.4 is 4.90 Å². The van der Waals surface area contributed by atoms with E-state index >= 15 is 0 Å². The van der Waals surface area contributed by atoms with Crippen molar-refractivity contribution in [3.63, 3.8) is 0 Å². The zero-order chi connectivity index (χ0) is 22.9. The molecule has 1 aromatic heterocycles. The monoisotopic (exact) mass is 463 g/mol. The maximum absolute atomic E-state index is 14.1. The summed E-state index contributed by atoms with van der Waals surface area (Å²) in [6.45, 7) is 5.64. The number of allylic oxidation sites excluding steroid dienone is 3. The second-order valence-corrected chi connectivity index (χ2v) is 10.6. The summed E-state index contributed by atoms with van der Waals surface area (Å²) in [5, 5.41) is 11.4. The molecular weight excluding hydrogens is 435 g/mol. The molecule has 2 aliphatic heterocycles. The summed E-state index contributed by atoms with van der Waals surface area (Å²) in [4.78, 5) is 12.1. The summed E-state index contributed by atoms with van der Waals surface area (Å²) < 4.78 is 42.2. The van der Waals surface area contributed by atoms with Crippen molar-refractivity contribution in [2.45, 2.75) is 37.8 Å². The predicted molar refractivity (Wildman–Crippen MR) is 124 cm³/mol. The fourth-order valence-electron chi connectivity index (χ4n) is 4.32. The minimum Gasteiger partial charge on any atom is -0.396 e. The number of benzene rings is 1. The molecule has 0 aliphatic carbocycles. The maximum atomic E-state index is 14.1. The zero-order valence-electron chi connectivity index (χ0n) is 18.2. The third-order valence-electron chi connectivity index (χ3n) is 5.98. The Hall–Kier alpha value is -2.32. The van der Waals surface area contributed by atoms with Gasteiger partial charge in [0.05, 0.1) is 11.3 Å². The highest BCUT2D eigenvalue weighted by Gasteiger charge is 2.36. The van der Waals surface area contributed by atoms with Crippen molar-refractivity contribution in [1.29, 1.82) is 0 Å². The van der Waals surface area contributed by atoms with Gasteiger partial charge in [-0.1, -0.05) is 32.1 Å². The Morgan fingerprint density at radius 2 is 2.03 bits per heavy atom. The number of aliphatic hydroxyl groups excluding tert-OH is 1. The van der Waals surface area contributed by atoms with Crippen LogP contribution in [0.25, 0.3) is 11.3 Å². The van der Waals surface area contributed by atoms with Gasteiger partial charge in [-0.2, -0.15) is 24.1 Å². The van der Waals surface area contributed by atoms with Crippen LogP contribution in [0.15, 0.2) is 58.0 Å². The molecule has 0 amide bonds. The van der Waals surface area contributed by atoms with Crippen molar-refractivity contribution >= 4 is 16.7 Å². The van der Waals surface area contributed by atoms with Crippen LogP contribution in [0, 0.1) is 11.8 Å². The molecule has 0 spiro atoms. The molecule has 2 aromatic rings. The Kier molecular flexibility index (Phi) is 6.62. The molecule has 172 valence electrons. The summed E-state index contributed by atoms with van der Waals surface area (Å²) >= 11 is 0. The van der Waals surface area contributed by atoms with E-state index in [1.54, 1.807) is 18.2 Å². The molecule has 32 heavy (non-hydrogen) atoms. The van der Waals surface area contributed by atoms with Gasteiger partial charge in [-0.05, 0) is 47.1 Å². The summed E-state index contributed by atoms with van der Waals surface area (Å²) in [7, 11) is -1.14. The zero-order valence-corrected chi connectivity index (χ0v) is 19.1. The quantitative estimate of drug-likeness (QED) is 0.551. The number of nitrogens with zero attached hydrogens (tertiary/aromatic N) is 3. The van der Waals surface area contributed by atoms with Crippen LogP contribution in [0.1, 0.15) is 32.3 Å². The van der Waals surface area contributed by atoms with Crippen LogP contribution in [-0.2, 0) is 6.18 Å². The third kappa shape index (κ3) is 4.71. The third-order valence-corrected chi connectivity index (χ3v) is 8.58. The molecule has 2 aliphatic rings. The van der Waals surface area contributed by atoms with Crippen molar-refractivity contribution in [2.24, 2.45) is 11.8 Å². The van der Waals surface area contributed by atoms with Gasteiger partial charge in [-0.25, -0.2) is 9.97 Å². The van der Waals surface area contributed by atoms with Crippen molar-refractivity contribution in [1.82, 2.24) is 9.97 Å². The molecule has 2 unspecified atom stereocenters. The maximum Gasteiger partial charge on any atom is 0.417 e. The highest BCUT2D eigenvalue weighted by atomic mass is 32.2. The number of halogens is 3. The van der Waals surface area contributed by atoms with Crippen LogP contribution in [-0.4, -0.2) is 34.8 Å². The lowest BCUT2D eigenvalue weighted by molar-refractivity contribution is -0.139. The Morgan fingerprint density at radius 1 is 1.22 bits per heavy atom. The molecule has 0 radical (unpaired) electrons. The molecule has 1 saturated heterocycles. The minimum absolute atomic E-state index is 0.120. The molecule has 1 fully saturated rings. The number of piperidine rings is 1. The average Bonchev–Trinajstić information content (AvgIpc) is 3.28. The first kappa shape index (κ1) is 22.9. The van der Waals surface area contributed by atoms with Crippen LogP contribution >= 0.6 is 10.9 Å². The van der Waals surface area contributed by atoms with Gasteiger partial charge in [0.25, 0.3) is 0 Å². The lowest BCUT2D eigenvalue weighted by Crippen LogP contribution is -2.37. The Bertz CT molecular complexity index is 1040. The fraction of sp³-hybridized carbons (Fsp3) is 0.417. The topological polar surface area (TPSA) is 49.2 Å². The molecule has 4 nitrogen and oxygen atoms in total. The molecule has 1 aromatic carbocycles. The molecular formula is C24H28F3N3OS. The van der Waals surface area contributed by atoms with E-state index in [4.69, 9.17) is 0 Å². The highest BCUT2D eigenvalue weighted by molar-refractivity contribution is 8.23. The number of anilines is 1. The van der Waals surface area contributed by atoms with E-state index in [0.717, 1.165) is 24.3 Å². The number of aromatic nitrogens is 2. The summed E-state index contributed by atoms with van der Waals surface area (Å²) in [6, 6.07) is 6.31. The lowest BCUT2D eigenvalue weighted by atomic mass is 9.99. The van der Waals surface area contributed by atoms with Crippen molar-refractivity contribution < 1.29 is 18.3 Å². The number of hydrogen-bond acceptors (Lipinski definition) is 4. The average molecular weight is 464 g/mol. The van der Waals surface area contributed by atoms with Gasteiger partial charge in [-0.3, -0.25) is 0 Å². The minimum atomic E-state index is -4.46. The molecule has 3 heterocycles. The molecule has 0 saturated carbocycles. The van der Waals surface area contributed by atoms with Gasteiger partial charge >= 0.3 is 6.18 Å². The molecule has 4 rings (SSSR count). The number of thiol groups is 1.